The molecule has 0 bridgehead atoms. The lowest BCUT2D eigenvalue weighted by atomic mass is 10.1. The van der Waals surface area contributed by atoms with E-state index in [1.165, 1.54) is 5.56 Å². The van der Waals surface area contributed by atoms with Crippen LogP contribution in [0.15, 0.2) is 42.6 Å². The third kappa shape index (κ3) is 2.76. The zero-order chi connectivity index (χ0) is 16.5. The fourth-order valence-corrected chi connectivity index (χ4v) is 3.53. The van der Waals surface area contributed by atoms with Gasteiger partial charge in [0.15, 0.2) is 0 Å². The fourth-order valence-electron chi connectivity index (χ4n) is 3.04. The van der Waals surface area contributed by atoms with Crippen molar-refractivity contribution in [3.05, 3.63) is 58.2 Å². The lowest BCUT2D eigenvalue weighted by Crippen LogP contribution is -2.07. The van der Waals surface area contributed by atoms with Gasteiger partial charge in [0.25, 0.3) is 0 Å². The number of nitrogens with zero attached hydrogens (tertiary/aromatic N) is 3. The van der Waals surface area contributed by atoms with E-state index in [2.05, 4.69) is 10.3 Å². The molecule has 0 amide bonds. The molecule has 3 heterocycles. The second-order valence-corrected chi connectivity index (χ2v) is 6.63. The third-order valence-corrected chi connectivity index (χ3v) is 4.71. The molecule has 1 aliphatic rings. The molecule has 122 valence electrons. The van der Waals surface area contributed by atoms with Gasteiger partial charge in [-0.05, 0) is 49.6 Å². The summed E-state index contributed by atoms with van der Waals surface area (Å²) < 4.78 is 1.88. The summed E-state index contributed by atoms with van der Waals surface area (Å²) in [4.78, 5) is 4.47. The largest absolute Gasteiger partial charge is 0.370 e. The van der Waals surface area contributed by atoms with Gasteiger partial charge in [-0.25, -0.2) is 4.68 Å². The number of anilines is 1. The predicted molar refractivity (Wildman–Crippen MR) is 98.2 cm³/mol. The summed E-state index contributed by atoms with van der Waals surface area (Å²) in [5.41, 5.74) is 3.79. The molecule has 4 nitrogen and oxygen atoms in total. The van der Waals surface area contributed by atoms with Gasteiger partial charge < -0.3 is 5.32 Å². The van der Waals surface area contributed by atoms with Crippen molar-refractivity contribution in [1.82, 2.24) is 14.8 Å². The summed E-state index contributed by atoms with van der Waals surface area (Å²) in [5, 5.41) is 9.52. The van der Waals surface area contributed by atoms with Crippen LogP contribution in [-0.2, 0) is 6.42 Å². The van der Waals surface area contributed by atoms with E-state index in [-0.39, 0.29) is 0 Å². The molecule has 1 aliphatic heterocycles. The maximum Gasteiger partial charge on any atom is 0.133 e. The lowest BCUT2D eigenvalue weighted by molar-refractivity contribution is 0.779. The fraction of sp³-hybridized carbons (Fsp3) is 0.222. The first-order valence-electron chi connectivity index (χ1n) is 7.96. The van der Waals surface area contributed by atoms with E-state index in [9.17, 15) is 0 Å². The molecule has 0 atom stereocenters. The molecule has 0 spiro atoms. The quantitative estimate of drug-likeness (QED) is 0.701. The van der Waals surface area contributed by atoms with E-state index in [4.69, 9.17) is 28.3 Å². The van der Waals surface area contributed by atoms with Gasteiger partial charge in [-0.1, -0.05) is 29.3 Å². The lowest BCUT2D eigenvalue weighted by Gasteiger charge is -2.10. The third-order valence-electron chi connectivity index (χ3n) is 4.17. The Morgan fingerprint density at radius 1 is 1.08 bits per heavy atom. The van der Waals surface area contributed by atoms with E-state index in [0.717, 1.165) is 48.7 Å². The van der Waals surface area contributed by atoms with Crippen LogP contribution < -0.4 is 5.32 Å². The van der Waals surface area contributed by atoms with Gasteiger partial charge >= 0.3 is 0 Å². The molecule has 0 saturated heterocycles. The Morgan fingerprint density at radius 3 is 2.79 bits per heavy atom. The van der Waals surface area contributed by atoms with E-state index in [0.29, 0.717) is 10.0 Å². The van der Waals surface area contributed by atoms with Gasteiger partial charge in [-0.2, -0.15) is 5.10 Å². The van der Waals surface area contributed by atoms with Crippen molar-refractivity contribution in [2.75, 3.05) is 11.9 Å². The van der Waals surface area contributed by atoms with Crippen molar-refractivity contribution in [1.29, 1.82) is 0 Å². The second-order valence-electron chi connectivity index (χ2n) is 5.78. The number of halogens is 2. The van der Waals surface area contributed by atoms with Crippen molar-refractivity contribution >= 4 is 29.0 Å². The minimum atomic E-state index is 0.575. The highest BCUT2D eigenvalue weighted by Gasteiger charge is 2.23. The summed E-state index contributed by atoms with van der Waals surface area (Å²) >= 11 is 12.4. The first-order valence-corrected chi connectivity index (χ1v) is 8.72. The first kappa shape index (κ1) is 15.5. The highest BCUT2D eigenvalue weighted by molar-refractivity contribution is 6.35. The van der Waals surface area contributed by atoms with Crippen LogP contribution in [0.3, 0.4) is 0 Å². The number of hydrogen-bond donors (Lipinski definition) is 1. The molecule has 0 radical (unpaired) electrons. The van der Waals surface area contributed by atoms with Crippen LogP contribution in [0, 0.1) is 0 Å². The van der Waals surface area contributed by atoms with Gasteiger partial charge in [0.1, 0.15) is 11.5 Å². The van der Waals surface area contributed by atoms with Gasteiger partial charge in [0.2, 0.25) is 0 Å². The zero-order valence-corrected chi connectivity index (χ0v) is 14.5. The molecule has 1 aromatic carbocycles. The minimum Gasteiger partial charge on any atom is -0.370 e. The number of pyridine rings is 1. The number of rotatable bonds is 2. The van der Waals surface area contributed by atoms with Crippen LogP contribution in [0.25, 0.3) is 17.1 Å². The molecular weight excluding hydrogens is 343 g/mol. The normalized spacial score (nSPS) is 13.9. The van der Waals surface area contributed by atoms with Gasteiger partial charge in [-0.15, -0.1) is 0 Å². The van der Waals surface area contributed by atoms with Crippen molar-refractivity contribution in [3.8, 4) is 17.1 Å². The Bertz CT molecular complexity index is 874. The summed E-state index contributed by atoms with van der Waals surface area (Å²) in [7, 11) is 0. The first-order chi connectivity index (χ1) is 11.7. The Balaban J connectivity index is 1.93. The molecule has 2 aromatic heterocycles. The highest BCUT2D eigenvalue weighted by Crippen LogP contribution is 2.35. The Kier molecular flexibility index (Phi) is 4.17. The number of aromatic nitrogens is 3. The van der Waals surface area contributed by atoms with Gasteiger partial charge in [0.05, 0.1) is 16.4 Å². The van der Waals surface area contributed by atoms with E-state index >= 15 is 0 Å². The summed E-state index contributed by atoms with van der Waals surface area (Å²) in [6, 6.07) is 11.3. The van der Waals surface area contributed by atoms with Crippen molar-refractivity contribution in [3.63, 3.8) is 0 Å². The van der Waals surface area contributed by atoms with Crippen LogP contribution in [0.5, 0.6) is 0 Å². The summed E-state index contributed by atoms with van der Waals surface area (Å²) in [5.74, 6) is 0.998. The Hall–Kier alpha value is -2.04. The molecule has 6 heteroatoms. The Labute approximate surface area is 150 Å². The standard InChI is InChI=1S/C18H16Cl2N4/c19-12-7-8-16(14(20)11-12)24-18-13(5-1-3-10-22-18)17(23-24)15-6-2-4-9-21-15/h2,4,6-9,11,22H,1,3,5,10H2. The SMILES string of the molecule is Clc1ccc(-n2nc(-c3ccccn3)c3c2NCCCC3)c(Cl)c1. The number of nitrogens with one attached hydrogen (secondary N) is 1. The molecule has 0 fully saturated rings. The van der Waals surface area contributed by atoms with Gasteiger partial charge in [-0.3, -0.25) is 4.98 Å². The van der Waals surface area contributed by atoms with Crippen LogP contribution in [0.1, 0.15) is 18.4 Å². The molecule has 0 unspecified atom stereocenters. The molecular formula is C18H16Cl2N4. The molecule has 24 heavy (non-hydrogen) atoms. The van der Waals surface area contributed by atoms with Crippen molar-refractivity contribution in [2.45, 2.75) is 19.3 Å². The molecule has 4 rings (SSSR count). The maximum absolute atomic E-state index is 6.41. The summed E-state index contributed by atoms with van der Waals surface area (Å²) in [6.07, 6.45) is 5.02. The molecule has 3 aromatic rings. The maximum atomic E-state index is 6.41. The van der Waals surface area contributed by atoms with Crippen LogP contribution >= 0.6 is 23.2 Å². The van der Waals surface area contributed by atoms with Crippen LogP contribution in [0.2, 0.25) is 10.0 Å². The molecule has 0 aliphatic carbocycles. The van der Waals surface area contributed by atoms with E-state index < -0.39 is 0 Å². The number of hydrogen-bond acceptors (Lipinski definition) is 3. The monoisotopic (exact) mass is 358 g/mol. The van der Waals surface area contributed by atoms with Crippen LogP contribution in [0.4, 0.5) is 5.82 Å². The average molecular weight is 359 g/mol. The number of fused-ring (bicyclic) bond motifs is 1. The van der Waals surface area contributed by atoms with Crippen LogP contribution in [-0.4, -0.2) is 21.3 Å². The minimum absolute atomic E-state index is 0.575. The highest BCUT2D eigenvalue weighted by atomic mass is 35.5. The van der Waals surface area contributed by atoms with E-state index in [1.54, 1.807) is 12.3 Å². The van der Waals surface area contributed by atoms with Crippen molar-refractivity contribution in [2.24, 2.45) is 0 Å². The number of benzene rings is 1. The van der Waals surface area contributed by atoms with Crippen molar-refractivity contribution < 1.29 is 0 Å². The molecule has 1 N–H and O–H groups in total. The molecule has 0 saturated carbocycles. The topological polar surface area (TPSA) is 42.7 Å². The predicted octanol–water partition coefficient (Wildman–Crippen LogP) is 4.99. The average Bonchev–Trinajstić information content (AvgIpc) is 2.78. The smallest absolute Gasteiger partial charge is 0.133 e. The zero-order valence-electron chi connectivity index (χ0n) is 13.0. The van der Waals surface area contributed by atoms with Gasteiger partial charge in [0, 0.05) is 23.3 Å². The van der Waals surface area contributed by atoms with E-state index in [1.807, 2.05) is 35.0 Å². The second kappa shape index (κ2) is 6.46. The Morgan fingerprint density at radius 2 is 2.00 bits per heavy atom. The summed E-state index contributed by atoms with van der Waals surface area (Å²) in [6.45, 7) is 0.922.